The number of nitrogens with zero attached hydrogens (tertiary/aromatic N) is 2. The van der Waals surface area contributed by atoms with Gasteiger partial charge in [-0.15, -0.1) is 0 Å². The van der Waals surface area contributed by atoms with Crippen LogP contribution in [0.15, 0.2) is 0 Å². The fraction of sp³-hybridized carbons (Fsp3) is 0.750. The summed E-state index contributed by atoms with van der Waals surface area (Å²) < 4.78 is 7.45. The third-order valence-electron chi connectivity index (χ3n) is 3.13. The summed E-state index contributed by atoms with van der Waals surface area (Å²) in [5.74, 6) is 1.86. The van der Waals surface area contributed by atoms with Gasteiger partial charge in [-0.2, -0.15) is 16.9 Å². The van der Waals surface area contributed by atoms with Gasteiger partial charge in [0.15, 0.2) is 0 Å². The van der Waals surface area contributed by atoms with Gasteiger partial charge in [0.2, 0.25) is 0 Å². The Hall–Kier alpha value is -0.230. The molecular weight excluding hydrogens is 272 g/mol. The van der Waals surface area contributed by atoms with Crippen LogP contribution in [0.5, 0.6) is 0 Å². The summed E-state index contributed by atoms with van der Waals surface area (Å²) in [5.41, 5.74) is 1.72. The van der Waals surface area contributed by atoms with E-state index in [-0.39, 0.29) is 6.10 Å². The number of aliphatic hydroxyl groups excluding tert-OH is 1. The lowest BCUT2D eigenvalue weighted by Crippen LogP contribution is -2.37. The highest BCUT2D eigenvalue weighted by molar-refractivity contribution is 7.99. The minimum absolute atomic E-state index is 0.0969. The van der Waals surface area contributed by atoms with E-state index in [1.54, 1.807) is 0 Å². The van der Waals surface area contributed by atoms with E-state index < -0.39 is 6.10 Å². The molecule has 6 heteroatoms. The van der Waals surface area contributed by atoms with E-state index in [9.17, 15) is 5.11 Å². The lowest BCUT2D eigenvalue weighted by atomic mass is 10.1. The van der Waals surface area contributed by atoms with E-state index in [4.69, 9.17) is 16.3 Å². The van der Waals surface area contributed by atoms with Crippen molar-refractivity contribution in [3.63, 3.8) is 0 Å². The van der Waals surface area contributed by atoms with Crippen LogP contribution in [0.3, 0.4) is 0 Å². The number of hydrogen-bond donors (Lipinski definition) is 1. The highest BCUT2D eigenvalue weighted by Gasteiger charge is 2.25. The molecule has 1 saturated heterocycles. The SMILES string of the molecule is CCn1nc(C)c(Cl)c1CC(O)C1CSCCO1. The van der Waals surface area contributed by atoms with Gasteiger partial charge in [-0.05, 0) is 13.8 Å². The van der Waals surface area contributed by atoms with E-state index in [1.807, 2.05) is 30.3 Å². The molecule has 1 aliphatic heterocycles. The molecule has 2 unspecified atom stereocenters. The Morgan fingerprint density at radius 2 is 2.44 bits per heavy atom. The first-order chi connectivity index (χ1) is 8.63. The first kappa shape index (κ1) is 14.2. The highest BCUT2D eigenvalue weighted by atomic mass is 35.5. The van der Waals surface area contributed by atoms with Crippen LogP contribution < -0.4 is 0 Å². The molecule has 1 N–H and O–H groups in total. The maximum absolute atomic E-state index is 10.2. The molecule has 1 aliphatic rings. The molecule has 4 nitrogen and oxygen atoms in total. The zero-order valence-electron chi connectivity index (χ0n) is 10.7. The van der Waals surface area contributed by atoms with Crippen LogP contribution in [0.1, 0.15) is 18.3 Å². The maximum atomic E-state index is 10.2. The normalized spacial score (nSPS) is 22.1. The molecule has 0 aromatic carbocycles. The summed E-state index contributed by atoms with van der Waals surface area (Å²) in [6.07, 6.45) is -0.115. The summed E-state index contributed by atoms with van der Waals surface area (Å²) >= 11 is 8.06. The molecule has 1 aromatic heterocycles. The highest BCUT2D eigenvalue weighted by Crippen LogP contribution is 2.24. The number of halogens is 1. The van der Waals surface area contributed by atoms with Gasteiger partial charge < -0.3 is 9.84 Å². The predicted molar refractivity (Wildman–Crippen MR) is 74.4 cm³/mol. The Balaban J connectivity index is 2.08. The van der Waals surface area contributed by atoms with Crippen LogP contribution in [-0.2, 0) is 17.7 Å². The van der Waals surface area contributed by atoms with E-state index in [2.05, 4.69) is 5.10 Å². The standard InChI is InChI=1S/C12H19ClN2O2S/c1-3-15-9(12(13)8(2)14-15)6-10(16)11-7-18-5-4-17-11/h10-11,16H,3-7H2,1-2H3. The first-order valence-electron chi connectivity index (χ1n) is 6.22. The second-order valence-corrected chi connectivity index (χ2v) is 5.95. The Morgan fingerprint density at radius 1 is 1.67 bits per heavy atom. The van der Waals surface area contributed by atoms with Crippen molar-refractivity contribution in [3.8, 4) is 0 Å². The molecule has 0 spiro atoms. The molecule has 1 aromatic rings. The second-order valence-electron chi connectivity index (χ2n) is 4.42. The quantitative estimate of drug-likeness (QED) is 0.920. The Morgan fingerprint density at radius 3 is 3.06 bits per heavy atom. The topological polar surface area (TPSA) is 47.3 Å². The molecular formula is C12H19ClN2O2S. The van der Waals surface area contributed by atoms with Crippen LogP contribution in [-0.4, -0.2) is 45.2 Å². The fourth-order valence-corrected chi connectivity index (χ4v) is 3.27. The van der Waals surface area contributed by atoms with E-state index in [0.717, 1.165) is 29.4 Å². The van der Waals surface area contributed by atoms with Crippen LogP contribution in [0.4, 0.5) is 0 Å². The van der Waals surface area contributed by atoms with E-state index >= 15 is 0 Å². The van der Waals surface area contributed by atoms with Crippen molar-refractivity contribution in [2.45, 2.75) is 39.0 Å². The summed E-state index contributed by atoms with van der Waals surface area (Å²) in [5, 5.41) is 15.3. The van der Waals surface area contributed by atoms with Crippen molar-refractivity contribution in [2.24, 2.45) is 0 Å². The third-order valence-corrected chi connectivity index (χ3v) is 4.64. The number of thioether (sulfide) groups is 1. The van der Waals surface area contributed by atoms with Gasteiger partial charge >= 0.3 is 0 Å². The molecule has 1 fully saturated rings. The Labute approximate surface area is 117 Å². The largest absolute Gasteiger partial charge is 0.390 e. The van der Waals surface area contributed by atoms with Crippen molar-refractivity contribution in [3.05, 3.63) is 16.4 Å². The van der Waals surface area contributed by atoms with Crippen LogP contribution in [0.25, 0.3) is 0 Å². The monoisotopic (exact) mass is 290 g/mol. The van der Waals surface area contributed by atoms with E-state index in [1.165, 1.54) is 0 Å². The van der Waals surface area contributed by atoms with Gasteiger partial charge in [-0.3, -0.25) is 4.68 Å². The fourth-order valence-electron chi connectivity index (χ4n) is 2.12. The van der Waals surface area contributed by atoms with Gasteiger partial charge in [0.05, 0.1) is 35.2 Å². The number of aliphatic hydroxyl groups is 1. The molecule has 2 rings (SSSR count). The molecule has 0 radical (unpaired) electrons. The maximum Gasteiger partial charge on any atom is 0.0928 e. The van der Waals surface area contributed by atoms with Crippen molar-refractivity contribution in [1.82, 2.24) is 9.78 Å². The number of aryl methyl sites for hydroxylation is 2. The van der Waals surface area contributed by atoms with Gasteiger partial charge in [0, 0.05) is 24.5 Å². The van der Waals surface area contributed by atoms with Crippen molar-refractivity contribution < 1.29 is 9.84 Å². The van der Waals surface area contributed by atoms with Crippen molar-refractivity contribution >= 4 is 23.4 Å². The zero-order chi connectivity index (χ0) is 13.1. The predicted octanol–water partition coefficient (Wildman–Crippen LogP) is 1.90. The lowest BCUT2D eigenvalue weighted by molar-refractivity contribution is -0.0215. The van der Waals surface area contributed by atoms with Gasteiger partial charge in [-0.1, -0.05) is 11.6 Å². The molecule has 0 bridgehead atoms. The summed E-state index contributed by atoms with van der Waals surface area (Å²) in [4.78, 5) is 0. The Bertz CT molecular complexity index is 405. The minimum Gasteiger partial charge on any atom is -0.390 e. The van der Waals surface area contributed by atoms with Crippen molar-refractivity contribution in [1.29, 1.82) is 0 Å². The van der Waals surface area contributed by atoms with E-state index in [0.29, 0.717) is 18.1 Å². The first-order valence-corrected chi connectivity index (χ1v) is 7.76. The summed E-state index contributed by atoms with van der Waals surface area (Å²) in [6, 6.07) is 0. The lowest BCUT2D eigenvalue weighted by Gasteiger charge is -2.26. The number of rotatable bonds is 4. The zero-order valence-corrected chi connectivity index (χ0v) is 12.3. The average Bonchev–Trinajstić information content (AvgIpc) is 2.67. The molecule has 2 heterocycles. The second kappa shape index (κ2) is 6.28. The molecule has 18 heavy (non-hydrogen) atoms. The van der Waals surface area contributed by atoms with Crippen LogP contribution in [0, 0.1) is 6.92 Å². The molecule has 0 aliphatic carbocycles. The molecule has 2 atom stereocenters. The summed E-state index contributed by atoms with van der Waals surface area (Å²) in [7, 11) is 0. The number of ether oxygens (including phenoxy) is 1. The molecule has 0 amide bonds. The average molecular weight is 291 g/mol. The third kappa shape index (κ3) is 3.02. The number of hydrogen-bond acceptors (Lipinski definition) is 4. The molecule has 0 saturated carbocycles. The summed E-state index contributed by atoms with van der Waals surface area (Å²) in [6.45, 7) is 5.38. The van der Waals surface area contributed by atoms with Gasteiger partial charge in [0.25, 0.3) is 0 Å². The van der Waals surface area contributed by atoms with Crippen molar-refractivity contribution in [2.75, 3.05) is 18.1 Å². The van der Waals surface area contributed by atoms with Gasteiger partial charge in [0.1, 0.15) is 0 Å². The minimum atomic E-state index is -0.517. The van der Waals surface area contributed by atoms with Crippen LogP contribution >= 0.6 is 23.4 Å². The molecule has 102 valence electrons. The smallest absolute Gasteiger partial charge is 0.0928 e. The van der Waals surface area contributed by atoms with Crippen LogP contribution in [0.2, 0.25) is 5.02 Å². The Kier molecular flexibility index (Phi) is 4.95. The van der Waals surface area contributed by atoms with Gasteiger partial charge in [-0.25, -0.2) is 0 Å². The number of aromatic nitrogens is 2.